The molecule has 0 aliphatic carbocycles. The molecule has 26 heavy (non-hydrogen) atoms. The zero-order chi connectivity index (χ0) is 18.9. The third kappa shape index (κ3) is 5.70. The van der Waals surface area contributed by atoms with Crippen LogP contribution in [0.5, 0.6) is 5.75 Å². The van der Waals surface area contributed by atoms with Crippen molar-refractivity contribution in [2.75, 3.05) is 11.9 Å². The van der Waals surface area contributed by atoms with E-state index in [2.05, 4.69) is 31.8 Å². The molecule has 0 saturated carbocycles. The molecule has 1 atom stereocenters. The van der Waals surface area contributed by atoms with Crippen molar-refractivity contribution in [2.45, 2.75) is 13.8 Å². The number of hydrogen-bond acceptors (Lipinski definition) is 4. The molecule has 6 nitrogen and oxygen atoms in total. The number of hydrogen-bond donors (Lipinski definition) is 2. The second-order valence-electron chi connectivity index (χ2n) is 5.43. The molecule has 0 radical (unpaired) electrons. The van der Waals surface area contributed by atoms with Gasteiger partial charge in [0.15, 0.2) is 0 Å². The van der Waals surface area contributed by atoms with Gasteiger partial charge in [0.2, 0.25) is 5.91 Å². The van der Waals surface area contributed by atoms with Gasteiger partial charge in [-0.1, -0.05) is 24.3 Å². The lowest BCUT2D eigenvalue weighted by Gasteiger charge is -2.11. The average Bonchev–Trinajstić information content (AvgIpc) is 2.63. The van der Waals surface area contributed by atoms with Gasteiger partial charge in [-0.15, -0.1) is 0 Å². The van der Waals surface area contributed by atoms with E-state index in [1.807, 2.05) is 37.3 Å². The maximum absolute atomic E-state index is 12.2. The fraction of sp³-hybridized carbons (Fsp3) is 0.211. The number of amides is 2. The topological polar surface area (TPSA) is 79.8 Å². The predicted molar refractivity (Wildman–Crippen MR) is 105 cm³/mol. The minimum absolute atomic E-state index is 0.414. The van der Waals surface area contributed by atoms with Gasteiger partial charge in [-0.05, 0) is 59.6 Å². The first kappa shape index (κ1) is 19.7. The van der Waals surface area contributed by atoms with Gasteiger partial charge in [0, 0.05) is 4.47 Å². The van der Waals surface area contributed by atoms with E-state index < -0.39 is 17.7 Å². The molecule has 0 fully saturated rings. The van der Waals surface area contributed by atoms with Crippen molar-refractivity contribution in [2.24, 2.45) is 11.0 Å². The molecule has 136 valence electrons. The van der Waals surface area contributed by atoms with Gasteiger partial charge < -0.3 is 10.1 Å². The van der Waals surface area contributed by atoms with Crippen LogP contribution in [-0.4, -0.2) is 24.6 Å². The summed E-state index contributed by atoms with van der Waals surface area (Å²) in [5.74, 6) is -1.08. The maximum atomic E-state index is 12.2. The summed E-state index contributed by atoms with van der Waals surface area (Å²) in [4.78, 5) is 24.3. The summed E-state index contributed by atoms with van der Waals surface area (Å²) in [5, 5.41) is 6.61. The monoisotopic (exact) mass is 417 g/mol. The van der Waals surface area contributed by atoms with E-state index in [-0.39, 0.29) is 0 Å². The summed E-state index contributed by atoms with van der Waals surface area (Å²) in [5.41, 5.74) is 3.77. The molecule has 1 unspecified atom stereocenters. The molecular formula is C19H20BrN3O3. The van der Waals surface area contributed by atoms with Crippen LogP contribution in [-0.2, 0) is 9.59 Å². The van der Waals surface area contributed by atoms with Crippen molar-refractivity contribution in [3.8, 4) is 5.75 Å². The second-order valence-corrected chi connectivity index (χ2v) is 6.28. The molecule has 2 aromatic rings. The third-order valence-electron chi connectivity index (χ3n) is 3.48. The highest BCUT2D eigenvalue weighted by molar-refractivity contribution is 9.10. The minimum atomic E-state index is -0.894. The lowest BCUT2D eigenvalue weighted by molar-refractivity contribution is -0.131. The molecule has 2 amide bonds. The normalized spacial score (nSPS) is 11.8. The number of nitrogens with zero attached hydrogens (tertiary/aromatic N) is 1. The van der Waals surface area contributed by atoms with E-state index in [0.29, 0.717) is 12.3 Å². The van der Waals surface area contributed by atoms with Crippen LogP contribution in [0.25, 0.3) is 0 Å². The fourth-order valence-electron chi connectivity index (χ4n) is 2.04. The largest absolute Gasteiger partial charge is 0.494 e. The van der Waals surface area contributed by atoms with Gasteiger partial charge in [-0.3, -0.25) is 9.59 Å². The van der Waals surface area contributed by atoms with E-state index in [0.717, 1.165) is 15.8 Å². The first-order valence-corrected chi connectivity index (χ1v) is 8.91. The Morgan fingerprint density at radius 2 is 1.96 bits per heavy atom. The number of ether oxygens (including phenoxy) is 1. The van der Waals surface area contributed by atoms with Crippen LogP contribution in [0.2, 0.25) is 0 Å². The number of nitrogens with one attached hydrogen (secondary N) is 2. The number of para-hydroxylation sites is 1. The summed E-state index contributed by atoms with van der Waals surface area (Å²) < 4.78 is 6.15. The molecule has 0 spiro atoms. The van der Waals surface area contributed by atoms with Crippen LogP contribution >= 0.6 is 15.9 Å². The minimum Gasteiger partial charge on any atom is -0.494 e. The van der Waals surface area contributed by atoms with E-state index in [1.165, 1.54) is 13.1 Å². The Labute approximate surface area is 160 Å². The van der Waals surface area contributed by atoms with Crippen molar-refractivity contribution >= 4 is 39.6 Å². The number of anilines is 1. The van der Waals surface area contributed by atoms with Gasteiger partial charge in [-0.25, -0.2) is 5.43 Å². The Kier molecular flexibility index (Phi) is 7.35. The Balaban J connectivity index is 1.91. The first-order valence-electron chi connectivity index (χ1n) is 8.12. The maximum Gasteiger partial charge on any atom is 0.252 e. The summed E-state index contributed by atoms with van der Waals surface area (Å²) >= 11 is 3.35. The molecule has 0 aromatic heterocycles. The van der Waals surface area contributed by atoms with E-state index in [4.69, 9.17) is 4.74 Å². The Morgan fingerprint density at radius 3 is 2.69 bits per heavy atom. The summed E-state index contributed by atoms with van der Waals surface area (Å²) in [6, 6.07) is 14.5. The van der Waals surface area contributed by atoms with Crippen molar-refractivity contribution in [3.05, 3.63) is 58.6 Å². The quantitative estimate of drug-likeness (QED) is 0.410. The van der Waals surface area contributed by atoms with E-state index in [1.54, 1.807) is 18.2 Å². The first-order chi connectivity index (χ1) is 12.5. The van der Waals surface area contributed by atoms with E-state index in [9.17, 15) is 9.59 Å². The summed E-state index contributed by atoms with van der Waals surface area (Å²) in [6.45, 7) is 4.00. The molecule has 2 rings (SSSR count). The van der Waals surface area contributed by atoms with Gasteiger partial charge >= 0.3 is 0 Å². The number of carbonyl (C=O) groups excluding carboxylic acids is 2. The highest BCUT2D eigenvalue weighted by atomic mass is 79.9. The van der Waals surface area contributed by atoms with E-state index >= 15 is 0 Å². The van der Waals surface area contributed by atoms with Gasteiger partial charge in [-0.2, -0.15) is 5.10 Å². The highest BCUT2D eigenvalue weighted by Crippen LogP contribution is 2.21. The molecule has 0 bridgehead atoms. The number of hydrazone groups is 1. The van der Waals surface area contributed by atoms with Crippen molar-refractivity contribution in [3.63, 3.8) is 0 Å². The van der Waals surface area contributed by atoms with Crippen LogP contribution in [0.3, 0.4) is 0 Å². The zero-order valence-electron chi connectivity index (χ0n) is 14.5. The van der Waals surface area contributed by atoms with Crippen LogP contribution in [0, 0.1) is 5.92 Å². The van der Waals surface area contributed by atoms with Crippen molar-refractivity contribution in [1.29, 1.82) is 0 Å². The molecule has 2 N–H and O–H groups in total. The van der Waals surface area contributed by atoms with Crippen LogP contribution in [0.4, 0.5) is 5.69 Å². The number of halogens is 1. The summed E-state index contributed by atoms with van der Waals surface area (Å²) in [7, 11) is 0. The SMILES string of the molecule is CCOc1cccc(C=NNC(=O)C(C)C(=O)Nc2ccccc2Br)c1. The Morgan fingerprint density at radius 1 is 1.19 bits per heavy atom. The van der Waals surface area contributed by atoms with Crippen molar-refractivity contribution in [1.82, 2.24) is 5.43 Å². The number of rotatable bonds is 7. The molecule has 0 aliphatic rings. The molecular weight excluding hydrogens is 398 g/mol. The van der Waals surface area contributed by atoms with Gasteiger partial charge in [0.05, 0.1) is 18.5 Å². The Hall–Kier alpha value is -2.67. The Bertz CT molecular complexity index is 808. The summed E-state index contributed by atoms with van der Waals surface area (Å²) in [6.07, 6.45) is 1.50. The van der Waals surface area contributed by atoms with Crippen molar-refractivity contribution < 1.29 is 14.3 Å². The highest BCUT2D eigenvalue weighted by Gasteiger charge is 2.21. The molecule has 0 aliphatic heterocycles. The smallest absolute Gasteiger partial charge is 0.252 e. The molecule has 2 aromatic carbocycles. The lowest BCUT2D eigenvalue weighted by atomic mass is 10.1. The third-order valence-corrected chi connectivity index (χ3v) is 4.17. The fourth-order valence-corrected chi connectivity index (χ4v) is 2.43. The van der Waals surface area contributed by atoms with Gasteiger partial charge in [0.25, 0.3) is 5.91 Å². The second kappa shape index (κ2) is 9.72. The van der Waals surface area contributed by atoms with Crippen LogP contribution in [0.1, 0.15) is 19.4 Å². The lowest BCUT2D eigenvalue weighted by Crippen LogP contribution is -2.34. The zero-order valence-corrected chi connectivity index (χ0v) is 16.1. The average molecular weight is 418 g/mol. The molecule has 0 heterocycles. The number of carbonyl (C=O) groups is 2. The van der Waals surface area contributed by atoms with Crippen LogP contribution < -0.4 is 15.5 Å². The molecule has 0 saturated heterocycles. The standard InChI is InChI=1S/C19H20BrN3O3/c1-3-26-15-8-6-7-14(11-15)12-21-23-19(25)13(2)18(24)22-17-10-5-4-9-16(17)20/h4-13H,3H2,1-2H3,(H,22,24)(H,23,25). The number of benzene rings is 2. The predicted octanol–water partition coefficient (Wildman–Crippen LogP) is 3.57. The van der Waals surface area contributed by atoms with Crippen LogP contribution in [0.15, 0.2) is 58.1 Å². The molecule has 7 heteroatoms. The van der Waals surface area contributed by atoms with Gasteiger partial charge in [0.1, 0.15) is 11.7 Å².